The highest BCUT2D eigenvalue weighted by Gasteiger charge is 2.33. The number of anilines is 2. The molecule has 0 amide bonds. The molecule has 1 saturated carbocycles. The van der Waals surface area contributed by atoms with Crippen LogP contribution in [0.5, 0.6) is 0 Å². The van der Waals surface area contributed by atoms with Gasteiger partial charge in [-0.25, -0.2) is 4.98 Å². The molecule has 3 N–H and O–H groups in total. The van der Waals surface area contributed by atoms with Gasteiger partial charge in [0.2, 0.25) is 5.95 Å². The van der Waals surface area contributed by atoms with Crippen LogP contribution < -0.4 is 11.1 Å². The number of rotatable bonds is 4. The molecule has 5 nitrogen and oxygen atoms in total. The van der Waals surface area contributed by atoms with Gasteiger partial charge < -0.3 is 16.0 Å². The van der Waals surface area contributed by atoms with Gasteiger partial charge in [0, 0.05) is 18.2 Å². The summed E-state index contributed by atoms with van der Waals surface area (Å²) in [6, 6.07) is 0.766. The van der Waals surface area contributed by atoms with Gasteiger partial charge in [0.05, 0.1) is 5.69 Å². The molecule has 4 rings (SSSR count). The maximum atomic E-state index is 6.08. The Morgan fingerprint density at radius 1 is 1.05 bits per heavy atom. The summed E-state index contributed by atoms with van der Waals surface area (Å²) in [5.41, 5.74) is 8.43. The Balaban J connectivity index is 1.40. The number of nitrogens with one attached hydrogen (secondary N) is 1. The van der Waals surface area contributed by atoms with E-state index in [-0.39, 0.29) is 0 Å². The molecule has 0 bridgehead atoms. The summed E-state index contributed by atoms with van der Waals surface area (Å²) in [6.07, 6.45) is 10.1. The van der Waals surface area contributed by atoms with Crippen LogP contribution in [0.4, 0.5) is 11.8 Å². The third-order valence-corrected chi connectivity index (χ3v) is 5.72. The molecule has 0 radical (unpaired) electrons. The maximum Gasteiger partial charge on any atom is 0.224 e. The van der Waals surface area contributed by atoms with Gasteiger partial charge in [-0.1, -0.05) is 6.42 Å². The van der Waals surface area contributed by atoms with Crippen molar-refractivity contribution in [3.8, 4) is 0 Å². The molecule has 120 valence electrons. The van der Waals surface area contributed by atoms with E-state index in [2.05, 4.69) is 20.2 Å². The Kier molecular flexibility index (Phi) is 3.90. The largest absolute Gasteiger partial charge is 0.383 e. The van der Waals surface area contributed by atoms with Crippen LogP contribution in [-0.2, 0) is 12.8 Å². The van der Waals surface area contributed by atoms with Gasteiger partial charge in [0.15, 0.2) is 0 Å². The molecule has 22 heavy (non-hydrogen) atoms. The molecular weight excluding hydrogens is 274 g/mol. The topological polar surface area (TPSA) is 67.1 Å². The number of likely N-dealkylation sites (tertiary alicyclic amines) is 1. The van der Waals surface area contributed by atoms with Crippen molar-refractivity contribution in [1.82, 2.24) is 14.9 Å². The van der Waals surface area contributed by atoms with Crippen LogP contribution in [0.2, 0.25) is 0 Å². The molecule has 1 aliphatic heterocycles. The van der Waals surface area contributed by atoms with Gasteiger partial charge in [-0.3, -0.25) is 0 Å². The van der Waals surface area contributed by atoms with Gasteiger partial charge in [0.1, 0.15) is 5.82 Å². The summed E-state index contributed by atoms with van der Waals surface area (Å²) in [7, 11) is 0. The molecule has 0 unspecified atom stereocenters. The second kappa shape index (κ2) is 6.03. The Labute approximate surface area is 132 Å². The van der Waals surface area contributed by atoms with Gasteiger partial charge >= 0.3 is 0 Å². The number of hydrogen-bond donors (Lipinski definition) is 2. The minimum Gasteiger partial charge on any atom is -0.383 e. The minimum absolute atomic E-state index is 0.688. The molecule has 3 aliphatic rings. The Morgan fingerprint density at radius 2 is 1.91 bits per heavy atom. The predicted molar refractivity (Wildman–Crippen MR) is 88.9 cm³/mol. The first kappa shape index (κ1) is 14.2. The first-order valence-corrected chi connectivity index (χ1v) is 8.94. The number of aromatic nitrogens is 2. The predicted octanol–water partition coefficient (Wildman–Crippen LogP) is 2.22. The smallest absolute Gasteiger partial charge is 0.224 e. The van der Waals surface area contributed by atoms with E-state index < -0.39 is 0 Å². The van der Waals surface area contributed by atoms with Crippen LogP contribution in [0.25, 0.3) is 0 Å². The van der Waals surface area contributed by atoms with Crippen LogP contribution in [-0.4, -0.2) is 40.5 Å². The molecule has 2 fully saturated rings. The second-order valence-electron chi connectivity index (χ2n) is 7.09. The summed E-state index contributed by atoms with van der Waals surface area (Å²) in [6.45, 7) is 3.58. The normalized spacial score (nSPS) is 28.2. The van der Waals surface area contributed by atoms with Crippen molar-refractivity contribution in [2.45, 2.75) is 57.4 Å². The summed E-state index contributed by atoms with van der Waals surface area (Å²) in [5.74, 6) is 2.16. The van der Waals surface area contributed by atoms with Crippen LogP contribution in [0, 0.1) is 5.92 Å². The first-order valence-electron chi connectivity index (χ1n) is 8.94. The summed E-state index contributed by atoms with van der Waals surface area (Å²) in [5, 5.41) is 3.48. The van der Waals surface area contributed by atoms with E-state index in [0.717, 1.165) is 49.4 Å². The van der Waals surface area contributed by atoms with E-state index >= 15 is 0 Å². The molecule has 2 heterocycles. The highest BCUT2D eigenvalue weighted by molar-refractivity contribution is 5.49. The number of hydrogen-bond acceptors (Lipinski definition) is 5. The lowest BCUT2D eigenvalue weighted by Crippen LogP contribution is -2.38. The average Bonchev–Trinajstić information content (AvgIpc) is 3.24. The van der Waals surface area contributed by atoms with Crippen molar-refractivity contribution in [2.24, 2.45) is 5.92 Å². The average molecular weight is 301 g/mol. The third-order valence-electron chi connectivity index (χ3n) is 5.72. The molecule has 1 aromatic heterocycles. The molecule has 1 aromatic rings. The quantitative estimate of drug-likeness (QED) is 0.892. The van der Waals surface area contributed by atoms with E-state index in [1.54, 1.807) is 0 Å². The zero-order chi connectivity index (χ0) is 14.9. The van der Waals surface area contributed by atoms with Gasteiger partial charge in [-0.05, 0) is 64.0 Å². The molecule has 0 spiro atoms. The van der Waals surface area contributed by atoms with E-state index in [4.69, 9.17) is 5.73 Å². The third kappa shape index (κ3) is 2.67. The molecule has 0 aromatic carbocycles. The van der Waals surface area contributed by atoms with E-state index in [1.165, 1.54) is 50.8 Å². The second-order valence-corrected chi connectivity index (χ2v) is 7.09. The first-order chi connectivity index (χ1) is 10.8. The van der Waals surface area contributed by atoms with Gasteiger partial charge in [-0.2, -0.15) is 4.98 Å². The van der Waals surface area contributed by atoms with Crippen LogP contribution in [0.3, 0.4) is 0 Å². The Morgan fingerprint density at radius 3 is 2.77 bits per heavy atom. The fraction of sp³-hybridized carbons (Fsp3) is 0.765. The number of aryl methyl sites for hydroxylation is 1. The molecular formula is C17H27N5. The van der Waals surface area contributed by atoms with E-state index in [9.17, 15) is 0 Å². The van der Waals surface area contributed by atoms with Crippen molar-refractivity contribution < 1.29 is 0 Å². The fourth-order valence-corrected chi connectivity index (χ4v) is 4.57. The minimum atomic E-state index is 0.688. The fourth-order valence-electron chi connectivity index (χ4n) is 4.57. The number of nitrogens with zero attached hydrogens (tertiary/aromatic N) is 3. The van der Waals surface area contributed by atoms with Crippen molar-refractivity contribution in [1.29, 1.82) is 0 Å². The van der Waals surface area contributed by atoms with E-state index in [1.807, 2.05) is 0 Å². The number of fused-ring (bicyclic) bond motifs is 1. The molecule has 1 saturated heterocycles. The lowest BCUT2D eigenvalue weighted by molar-refractivity contribution is 0.202. The van der Waals surface area contributed by atoms with Crippen LogP contribution in [0.15, 0.2) is 0 Å². The molecule has 2 aliphatic carbocycles. The number of nitrogens with two attached hydrogens (primary N) is 1. The standard InChI is InChI=1S/C17H27N5/c18-16-13-6-4-7-14(13)20-17(21-16)19-11-12-5-3-8-15(12)22-9-1-2-10-22/h12,15H,1-11H2,(H3,18,19,20,21)/t12-,15+/m0/s1. The lowest BCUT2D eigenvalue weighted by Gasteiger charge is -2.29. The molecule has 2 atom stereocenters. The van der Waals surface area contributed by atoms with Crippen molar-refractivity contribution in [3.05, 3.63) is 11.3 Å². The van der Waals surface area contributed by atoms with Gasteiger partial charge in [-0.15, -0.1) is 0 Å². The Hall–Kier alpha value is -1.36. The maximum absolute atomic E-state index is 6.08. The zero-order valence-electron chi connectivity index (χ0n) is 13.4. The SMILES string of the molecule is Nc1nc(NC[C@@H]2CCC[C@H]2N2CCCC2)nc2c1CCC2. The monoisotopic (exact) mass is 301 g/mol. The summed E-state index contributed by atoms with van der Waals surface area (Å²) >= 11 is 0. The number of nitrogen functional groups attached to an aromatic ring is 1. The highest BCUT2D eigenvalue weighted by Crippen LogP contribution is 2.32. The Bertz CT molecular complexity index is 538. The van der Waals surface area contributed by atoms with Crippen molar-refractivity contribution in [2.75, 3.05) is 30.7 Å². The summed E-state index contributed by atoms with van der Waals surface area (Å²) < 4.78 is 0. The van der Waals surface area contributed by atoms with Crippen LogP contribution >= 0.6 is 0 Å². The summed E-state index contributed by atoms with van der Waals surface area (Å²) in [4.78, 5) is 11.9. The van der Waals surface area contributed by atoms with Gasteiger partial charge in [0.25, 0.3) is 0 Å². The van der Waals surface area contributed by atoms with Crippen molar-refractivity contribution >= 4 is 11.8 Å². The van der Waals surface area contributed by atoms with Crippen molar-refractivity contribution in [3.63, 3.8) is 0 Å². The van der Waals surface area contributed by atoms with Crippen LogP contribution in [0.1, 0.15) is 49.8 Å². The molecule has 5 heteroatoms. The lowest BCUT2D eigenvalue weighted by atomic mass is 10.0. The zero-order valence-corrected chi connectivity index (χ0v) is 13.4. The highest BCUT2D eigenvalue weighted by atomic mass is 15.2. The van der Waals surface area contributed by atoms with E-state index in [0.29, 0.717) is 5.82 Å².